The minimum Gasteiger partial charge on any atom is -0.342 e. The molecule has 0 aromatic carbocycles. The van der Waals surface area contributed by atoms with Crippen molar-refractivity contribution in [2.45, 2.75) is 19.5 Å². The number of carbonyl (C=O) groups excluding carboxylic acids is 1. The molecule has 0 bridgehead atoms. The molecule has 0 saturated carbocycles. The first-order valence-corrected chi connectivity index (χ1v) is 6.02. The van der Waals surface area contributed by atoms with E-state index in [1.54, 1.807) is 17.1 Å². The van der Waals surface area contributed by atoms with Gasteiger partial charge in [-0.1, -0.05) is 11.3 Å². The van der Waals surface area contributed by atoms with Gasteiger partial charge in [-0.15, -0.1) is 5.10 Å². The zero-order valence-electron chi connectivity index (χ0n) is 10.7. The van der Waals surface area contributed by atoms with E-state index in [1.165, 1.54) is 0 Å². The van der Waals surface area contributed by atoms with E-state index in [1.807, 2.05) is 25.1 Å². The summed E-state index contributed by atoms with van der Waals surface area (Å²) in [6.07, 6.45) is 3.27. The Kier molecular flexibility index (Phi) is 4.19. The summed E-state index contributed by atoms with van der Waals surface area (Å²) in [5.74, 6) is -0.276. The molecule has 2 rings (SSSR count). The summed E-state index contributed by atoms with van der Waals surface area (Å²) in [6, 6.07) is 5.38. The van der Waals surface area contributed by atoms with Crippen molar-refractivity contribution in [3.63, 3.8) is 0 Å². The first-order valence-electron chi connectivity index (χ1n) is 6.02. The fraction of sp³-hybridized carbons (Fsp3) is 0.333. The molecule has 1 amide bonds. The van der Waals surface area contributed by atoms with Crippen molar-refractivity contribution in [1.29, 1.82) is 0 Å². The largest absolute Gasteiger partial charge is 0.342 e. The lowest BCUT2D eigenvalue weighted by Gasteiger charge is -2.11. The van der Waals surface area contributed by atoms with Crippen LogP contribution in [0.2, 0.25) is 0 Å². The average Bonchev–Trinajstić information content (AvgIpc) is 2.89. The molecule has 7 nitrogen and oxygen atoms in total. The smallest absolute Gasteiger partial charge is 0.273 e. The fourth-order valence-electron chi connectivity index (χ4n) is 1.62. The molecular formula is C12H16N6O. The second-order valence-electron chi connectivity index (χ2n) is 4.11. The highest BCUT2D eigenvalue weighted by molar-refractivity contribution is 5.92. The molecule has 0 aliphatic carbocycles. The van der Waals surface area contributed by atoms with E-state index in [0.29, 0.717) is 13.1 Å². The van der Waals surface area contributed by atoms with Gasteiger partial charge >= 0.3 is 0 Å². The maximum absolute atomic E-state index is 12.0. The van der Waals surface area contributed by atoms with E-state index in [9.17, 15) is 4.79 Å². The monoisotopic (exact) mass is 260 g/mol. The van der Waals surface area contributed by atoms with Crippen molar-refractivity contribution in [3.05, 3.63) is 42.0 Å². The lowest BCUT2D eigenvalue weighted by Crippen LogP contribution is -2.27. The molecule has 0 saturated heterocycles. The molecule has 0 spiro atoms. The summed E-state index contributed by atoms with van der Waals surface area (Å²) in [5.41, 5.74) is 6.48. The zero-order chi connectivity index (χ0) is 13.7. The summed E-state index contributed by atoms with van der Waals surface area (Å²) in [7, 11) is 0. The summed E-state index contributed by atoms with van der Waals surface area (Å²) in [5, 5.41) is 10.4. The standard InChI is InChI=1S/C12H16N6O/c1-9(10-4-2-3-6-14-10)15-12(19)11-8-18(7-5-13)17-16-11/h2-4,6,8-9H,5,7,13H2,1H3,(H,15,19). The van der Waals surface area contributed by atoms with Crippen molar-refractivity contribution >= 4 is 5.91 Å². The highest BCUT2D eigenvalue weighted by atomic mass is 16.2. The van der Waals surface area contributed by atoms with Gasteiger partial charge in [0.1, 0.15) is 0 Å². The number of hydrogen-bond acceptors (Lipinski definition) is 5. The van der Waals surface area contributed by atoms with Gasteiger partial charge in [0.2, 0.25) is 0 Å². The number of carbonyl (C=O) groups is 1. The van der Waals surface area contributed by atoms with Gasteiger partial charge in [-0.3, -0.25) is 14.5 Å². The highest BCUT2D eigenvalue weighted by Gasteiger charge is 2.15. The Bertz CT molecular complexity index is 538. The number of hydrogen-bond donors (Lipinski definition) is 2. The Hall–Kier alpha value is -2.28. The number of aromatic nitrogens is 4. The predicted molar refractivity (Wildman–Crippen MR) is 69.2 cm³/mol. The Morgan fingerprint density at radius 3 is 3.05 bits per heavy atom. The van der Waals surface area contributed by atoms with Gasteiger partial charge in [0.05, 0.1) is 24.5 Å². The zero-order valence-corrected chi connectivity index (χ0v) is 10.7. The molecule has 2 heterocycles. The van der Waals surface area contributed by atoms with Gasteiger partial charge in [0.15, 0.2) is 5.69 Å². The Morgan fingerprint density at radius 1 is 1.53 bits per heavy atom. The second-order valence-corrected chi connectivity index (χ2v) is 4.11. The Balaban J connectivity index is 2.00. The topological polar surface area (TPSA) is 98.7 Å². The third kappa shape index (κ3) is 3.35. The maximum Gasteiger partial charge on any atom is 0.273 e. The van der Waals surface area contributed by atoms with E-state index in [2.05, 4.69) is 20.6 Å². The molecule has 19 heavy (non-hydrogen) atoms. The van der Waals surface area contributed by atoms with Crippen LogP contribution < -0.4 is 11.1 Å². The molecule has 0 aliphatic rings. The van der Waals surface area contributed by atoms with E-state index in [4.69, 9.17) is 5.73 Å². The molecule has 0 aliphatic heterocycles. The van der Waals surface area contributed by atoms with Gasteiger partial charge in [0, 0.05) is 12.7 Å². The number of nitrogens with one attached hydrogen (secondary N) is 1. The molecule has 2 aromatic heterocycles. The normalized spacial score (nSPS) is 12.1. The molecule has 0 fully saturated rings. The maximum atomic E-state index is 12.0. The first kappa shape index (κ1) is 13.2. The average molecular weight is 260 g/mol. The minimum atomic E-state index is -0.276. The molecule has 1 unspecified atom stereocenters. The SMILES string of the molecule is CC(NC(=O)c1cn(CCN)nn1)c1ccccn1. The summed E-state index contributed by atoms with van der Waals surface area (Å²) in [6.45, 7) is 2.86. The number of rotatable bonds is 5. The number of nitrogens with two attached hydrogens (primary N) is 1. The number of nitrogens with zero attached hydrogens (tertiary/aromatic N) is 4. The van der Waals surface area contributed by atoms with Crippen molar-refractivity contribution < 1.29 is 4.79 Å². The van der Waals surface area contributed by atoms with Crippen LogP contribution in [0.3, 0.4) is 0 Å². The van der Waals surface area contributed by atoms with Crippen LogP contribution >= 0.6 is 0 Å². The molecular weight excluding hydrogens is 244 g/mol. The number of pyridine rings is 1. The molecule has 100 valence electrons. The van der Waals surface area contributed by atoms with Crippen LogP contribution in [0.4, 0.5) is 0 Å². The molecule has 7 heteroatoms. The summed E-state index contributed by atoms with van der Waals surface area (Å²) >= 11 is 0. The van der Waals surface area contributed by atoms with Crippen LogP contribution in [0.25, 0.3) is 0 Å². The third-order valence-corrected chi connectivity index (χ3v) is 2.61. The fourth-order valence-corrected chi connectivity index (χ4v) is 1.62. The molecule has 1 atom stereocenters. The minimum absolute atomic E-state index is 0.187. The van der Waals surface area contributed by atoms with Crippen molar-refractivity contribution in [3.8, 4) is 0 Å². The lowest BCUT2D eigenvalue weighted by atomic mass is 10.2. The molecule has 3 N–H and O–H groups in total. The second kappa shape index (κ2) is 6.05. The summed E-state index contributed by atoms with van der Waals surface area (Å²) < 4.78 is 1.54. The molecule has 0 radical (unpaired) electrons. The van der Waals surface area contributed by atoms with Gasteiger partial charge in [-0.05, 0) is 19.1 Å². The highest BCUT2D eigenvalue weighted by Crippen LogP contribution is 2.08. The molecule has 2 aromatic rings. The Labute approximate surface area is 110 Å². The van der Waals surface area contributed by atoms with Gasteiger partial charge < -0.3 is 11.1 Å². The van der Waals surface area contributed by atoms with Gasteiger partial charge in [0.25, 0.3) is 5.91 Å². The van der Waals surface area contributed by atoms with E-state index < -0.39 is 0 Å². The quantitative estimate of drug-likeness (QED) is 0.795. The van der Waals surface area contributed by atoms with Crippen molar-refractivity contribution in [1.82, 2.24) is 25.3 Å². The third-order valence-electron chi connectivity index (χ3n) is 2.61. The Morgan fingerprint density at radius 2 is 2.37 bits per heavy atom. The summed E-state index contributed by atoms with van der Waals surface area (Å²) in [4.78, 5) is 16.1. The number of amides is 1. The van der Waals surface area contributed by atoms with Crippen LogP contribution in [-0.2, 0) is 6.54 Å². The predicted octanol–water partition coefficient (Wildman–Crippen LogP) is 0.123. The van der Waals surface area contributed by atoms with Crippen LogP contribution in [-0.4, -0.2) is 32.4 Å². The van der Waals surface area contributed by atoms with Crippen LogP contribution in [0.5, 0.6) is 0 Å². The lowest BCUT2D eigenvalue weighted by molar-refractivity contribution is 0.0934. The van der Waals surface area contributed by atoms with E-state index in [-0.39, 0.29) is 17.6 Å². The van der Waals surface area contributed by atoms with Crippen LogP contribution in [0.1, 0.15) is 29.1 Å². The van der Waals surface area contributed by atoms with Crippen LogP contribution in [0, 0.1) is 0 Å². The first-order chi connectivity index (χ1) is 9.20. The van der Waals surface area contributed by atoms with Crippen molar-refractivity contribution in [2.24, 2.45) is 5.73 Å². The van der Waals surface area contributed by atoms with E-state index in [0.717, 1.165) is 5.69 Å². The van der Waals surface area contributed by atoms with Crippen LogP contribution in [0.15, 0.2) is 30.6 Å². The van der Waals surface area contributed by atoms with Gasteiger partial charge in [-0.25, -0.2) is 0 Å². The van der Waals surface area contributed by atoms with Crippen molar-refractivity contribution in [2.75, 3.05) is 6.54 Å². The van der Waals surface area contributed by atoms with Gasteiger partial charge in [-0.2, -0.15) is 0 Å². The van der Waals surface area contributed by atoms with E-state index >= 15 is 0 Å².